The fourth-order valence-corrected chi connectivity index (χ4v) is 1.20. The zero-order valence-electron chi connectivity index (χ0n) is 6.62. The van der Waals surface area contributed by atoms with Gasteiger partial charge in [-0.25, -0.2) is 0 Å². The van der Waals surface area contributed by atoms with E-state index in [0.717, 1.165) is 5.56 Å². The molecule has 1 rings (SSSR count). The fourth-order valence-electron chi connectivity index (χ4n) is 0.806. The predicted molar refractivity (Wildman–Crippen MR) is 55.7 cm³/mol. The topological polar surface area (TPSA) is 46.2 Å². The van der Waals surface area contributed by atoms with E-state index in [0.29, 0.717) is 4.47 Å². The third-order valence-electron chi connectivity index (χ3n) is 1.50. The lowest BCUT2D eigenvalue weighted by atomic mass is 10.1. The highest BCUT2D eigenvalue weighted by Gasteiger charge is 2.02. The third kappa shape index (κ3) is 2.66. The maximum atomic E-state index is 9.14. The molecule has 0 aromatic heterocycles. The van der Waals surface area contributed by atoms with E-state index in [1.807, 2.05) is 19.1 Å². The van der Waals surface area contributed by atoms with Crippen molar-refractivity contribution in [2.75, 3.05) is 0 Å². The first-order chi connectivity index (χ1) is 5.11. The molecule has 0 spiro atoms. The molecule has 0 amide bonds. The fraction of sp³-hybridized carbons (Fsp3) is 0.250. The van der Waals surface area contributed by atoms with Gasteiger partial charge in [-0.15, -0.1) is 12.4 Å². The number of phenolic OH excluding ortho intramolecular Hbond substituents is 1. The molecule has 0 heterocycles. The average molecular weight is 253 g/mol. The number of phenols is 1. The standard InChI is InChI=1S/C8H10BrNO.ClH/c1-5(10)6-2-3-8(11)7(9)4-6;/h2-5,11H,10H2,1H3;1H. The highest BCUT2D eigenvalue weighted by Crippen LogP contribution is 2.25. The maximum Gasteiger partial charge on any atom is 0.129 e. The summed E-state index contributed by atoms with van der Waals surface area (Å²) in [6.07, 6.45) is 0. The van der Waals surface area contributed by atoms with Gasteiger partial charge >= 0.3 is 0 Å². The van der Waals surface area contributed by atoms with Crippen LogP contribution in [0.15, 0.2) is 22.7 Å². The molecule has 0 aliphatic heterocycles. The lowest BCUT2D eigenvalue weighted by molar-refractivity contribution is 0.471. The van der Waals surface area contributed by atoms with Gasteiger partial charge in [0.05, 0.1) is 4.47 Å². The van der Waals surface area contributed by atoms with Crippen molar-refractivity contribution in [3.05, 3.63) is 28.2 Å². The molecule has 0 radical (unpaired) electrons. The van der Waals surface area contributed by atoms with Crippen LogP contribution in [0.1, 0.15) is 18.5 Å². The molecular formula is C8H11BrClNO. The minimum Gasteiger partial charge on any atom is -0.507 e. The molecule has 3 N–H and O–H groups in total. The number of hydrogen-bond donors (Lipinski definition) is 2. The molecule has 0 fully saturated rings. The summed E-state index contributed by atoms with van der Waals surface area (Å²) in [6, 6.07) is 5.26. The van der Waals surface area contributed by atoms with E-state index in [9.17, 15) is 0 Å². The van der Waals surface area contributed by atoms with Gasteiger partial charge in [-0.2, -0.15) is 0 Å². The summed E-state index contributed by atoms with van der Waals surface area (Å²) >= 11 is 3.21. The van der Waals surface area contributed by atoms with Crippen molar-refractivity contribution in [1.29, 1.82) is 0 Å². The summed E-state index contributed by atoms with van der Waals surface area (Å²) in [5.74, 6) is 0.245. The SMILES string of the molecule is CC(N)c1ccc(O)c(Br)c1.Cl. The van der Waals surface area contributed by atoms with Crippen LogP contribution < -0.4 is 5.73 Å². The molecule has 0 saturated carbocycles. The largest absolute Gasteiger partial charge is 0.507 e. The molecule has 2 nitrogen and oxygen atoms in total. The number of benzene rings is 1. The van der Waals surface area contributed by atoms with Gasteiger partial charge in [-0.3, -0.25) is 0 Å². The van der Waals surface area contributed by atoms with Gasteiger partial charge in [0.1, 0.15) is 5.75 Å². The second kappa shape index (κ2) is 4.70. The van der Waals surface area contributed by atoms with E-state index in [2.05, 4.69) is 15.9 Å². The summed E-state index contributed by atoms with van der Waals surface area (Å²) in [5, 5.41) is 9.14. The number of rotatable bonds is 1. The van der Waals surface area contributed by atoms with E-state index >= 15 is 0 Å². The van der Waals surface area contributed by atoms with Crippen LogP contribution in [0.5, 0.6) is 5.75 Å². The number of halogens is 2. The highest BCUT2D eigenvalue weighted by molar-refractivity contribution is 9.10. The monoisotopic (exact) mass is 251 g/mol. The summed E-state index contributed by atoms with van der Waals surface area (Å²) in [6.45, 7) is 1.90. The van der Waals surface area contributed by atoms with Gasteiger partial charge < -0.3 is 10.8 Å². The Hall–Kier alpha value is -0.250. The first kappa shape index (κ1) is 11.8. The summed E-state index contributed by atoms with van der Waals surface area (Å²) in [7, 11) is 0. The van der Waals surface area contributed by atoms with Crippen molar-refractivity contribution >= 4 is 28.3 Å². The van der Waals surface area contributed by atoms with Crippen LogP contribution in [-0.4, -0.2) is 5.11 Å². The van der Waals surface area contributed by atoms with Gasteiger partial charge in [0, 0.05) is 6.04 Å². The molecule has 12 heavy (non-hydrogen) atoms. The maximum absolute atomic E-state index is 9.14. The van der Waals surface area contributed by atoms with Crippen molar-refractivity contribution in [3.8, 4) is 5.75 Å². The highest BCUT2D eigenvalue weighted by atomic mass is 79.9. The summed E-state index contributed by atoms with van der Waals surface area (Å²) in [4.78, 5) is 0. The normalized spacial score (nSPS) is 11.9. The second-order valence-corrected chi connectivity index (χ2v) is 3.35. The summed E-state index contributed by atoms with van der Waals surface area (Å²) < 4.78 is 0.687. The molecule has 1 aromatic rings. The van der Waals surface area contributed by atoms with E-state index < -0.39 is 0 Å². The van der Waals surface area contributed by atoms with Crippen LogP contribution in [0.2, 0.25) is 0 Å². The van der Waals surface area contributed by atoms with Crippen molar-refractivity contribution < 1.29 is 5.11 Å². The van der Waals surface area contributed by atoms with Gasteiger partial charge in [0.25, 0.3) is 0 Å². The molecule has 0 bridgehead atoms. The van der Waals surface area contributed by atoms with Crippen LogP contribution >= 0.6 is 28.3 Å². The Morgan fingerprint density at radius 3 is 2.50 bits per heavy atom. The molecule has 0 aliphatic carbocycles. The Balaban J connectivity index is 0.00000121. The lowest BCUT2D eigenvalue weighted by Crippen LogP contribution is -2.04. The second-order valence-electron chi connectivity index (χ2n) is 2.50. The molecule has 4 heteroatoms. The van der Waals surface area contributed by atoms with Crippen LogP contribution in [0.4, 0.5) is 0 Å². The minimum atomic E-state index is 0. The van der Waals surface area contributed by atoms with E-state index in [1.54, 1.807) is 6.07 Å². The molecular weight excluding hydrogens is 241 g/mol. The predicted octanol–water partition coefficient (Wildman–Crippen LogP) is 2.60. The molecule has 68 valence electrons. The zero-order chi connectivity index (χ0) is 8.43. The van der Waals surface area contributed by atoms with Crippen LogP contribution in [-0.2, 0) is 0 Å². The van der Waals surface area contributed by atoms with Crippen molar-refractivity contribution in [2.45, 2.75) is 13.0 Å². The van der Waals surface area contributed by atoms with Gasteiger partial charge in [0.2, 0.25) is 0 Å². The Labute approximate surface area is 86.3 Å². The smallest absolute Gasteiger partial charge is 0.129 e. The van der Waals surface area contributed by atoms with Crippen molar-refractivity contribution in [2.24, 2.45) is 5.73 Å². The molecule has 1 unspecified atom stereocenters. The number of aromatic hydroxyl groups is 1. The Morgan fingerprint density at radius 1 is 1.50 bits per heavy atom. The summed E-state index contributed by atoms with van der Waals surface area (Å²) in [5.41, 5.74) is 6.64. The Bertz CT molecular complexity index is 265. The van der Waals surface area contributed by atoms with Crippen molar-refractivity contribution in [3.63, 3.8) is 0 Å². The van der Waals surface area contributed by atoms with Crippen LogP contribution in [0.25, 0.3) is 0 Å². The van der Waals surface area contributed by atoms with Gasteiger partial charge in [0.15, 0.2) is 0 Å². The number of hydrogen-bond acceptors (Lipinski definition) is 2. The van der Waals surface area contributed by atoms with E-state index in [4.69, 9.17) is 10.8 Å². The van der Waals surface area contributed by atoms with Crippen LogP contribution in [0, 0.1) is 0 Å². The Kier molecular flexibility index (Phi) is 4.60. The van der Waals surface area contributed by atoms with Gasteiger partial charge in [-0.05, 0) is 40.5 Å². The van der Waals surface area contributed by atoms with Crippen LogP contribution in [0.3, 0.4) is 0 Å². The lowest BCUT2D eigenvalue weighted by Gasteiger charge is -2.05. The molecule has 1 aromatic carbocycles. The quantitative estimate of drug-likeness (QED) is 0.807. The van der Waals surface area contributed by atoms with E-state index in [1.165, 1.54) is 0 Å². The van der Waals surface area contributed by atoms with E-state index in [-0.39, 0.29) is 24.2 Å². The Morgan fingerprint density at radius 2 is 2.08 bits per heavy atom. The van der Waals surface area contributed by atoms with Crippen molar-refractivity contribution in [1.82, 2.24) is 0 Å². The zero-order valence-corrected chi connectivity index (χ0v) is 9.02. The average Bonchev–Trinajstić information content (AvgIpc) is 1.94. The minimum absolute atomic E-state index is 0. The molecule has 0 saturated heterocycles. The number of nitrogens with two attached hydrogens (primary N) is 1. The molecule has 0 aliphatic rings. The third-order valence-corrected chi connectivity index (χ3v) is 2.13. The van der Waals surface area contributed by atoms with Gasteiger partial charge in [-0.1, -0.05) is 6.07 Å². The molecule has 1 atom stereocenters. The first-order valence-electron chi connectivity index (χ1n) is 3.35. The first-order valence-corrected chi connectivity index (χ1v) is 4.14.